The zero-order chi connectivity index (χ0) is 12.6. The smallest absolute Gasteiger partial charge is 0.244 e. The lowest BCUT2D eigenvalue weighted by molar-refractivity contribution is -0.115. The maximum atomic E-state index is 13.3. The molecule has 0 bridgehead atoms. The molecular weight excluding hydrogens is 224 g/mol. The minimum Gasteiger partial charge on any atom is -0.348 e. The number of amides is 1. The van der Waals surface area contributed by atoms with Crippen molar-refractivity contribution in [3.8, 4) is 0 Å². The van der Waals surface area contributed by atoms with Gasteiger partial charge >= 0.3 is 0 Å². The van der Waals surface area contributed by atoms with Crippen LogP contribution in [0.4, 0.5) is 8.78 Å². The number of rotatable bonds is 2. The van der Waals surface area contributed by atoms with Crippen LogP contribution in [-0.2, 0) is 4.79 Å². The molecule has 0 saturated carbocycles. The molecule has 0 radical (unpaired) electrons. The summed E-state index contributed by atoms with van der Waals surface area (Å²) in [7, 11) is 0. The number of carbonyl (C=O) groups is 1. The molecular formula is C13H13F2NO. The van der Waals surface area contributed by atoms with Crippen molar-refractivity contribution in [2.45, 2.75) is 19.8 Å². The number of halogens is 2. The van der Waals surface area contributed by atoms with Gasteiger partial charge in [-0.25, -0.2) is 8.78 Å². The zero-order valence-electron chi connectivity index (χ0n) is 9.68. The van der Waals surface area contributed by atoms with E-state index in [1.54, 1.807) is 0 Å². The predicted octanol–water partition coefficient (Wildman–Crippen LogP) is 2.60. The average Bonchev–Trinajstić information content (AvgIpc) is 2.68. The molecule has 0 unspecified atom stereocenters. The molecule has 2 rings (SSSR count). The number of hydrogen-bond donors (Lipinski definition) is 1. The summed E-state index contributed by atoms with van der Waals surface area (Å²) in [6.45, 7) is 4.17. The monoisotopic (exact) mass is 237 g/mol. The van der Waals surface area contributed by atoms with Gasteiger partial charge in [-0.2, -0.15) is 0 Å². The van der Waals surface area contributed by atoms with Crippen molar-refractivity contribution in [2.24, 2.45) is 0 Å². The van der Waals surface area contributed by atoms with Gasteiger partial charge in [-0.15, -0.1) is 0 Å². The van der Waals surface area contributed by atoms with Crippen LogP contribution in [0.2, 0.25) is 0 Å². The van der Waals surface area contributed by atoms with E-state index in [9.17, 15) is 13.6 Å². The first-order valence-corrected chi connectivity index (χ1v) is 5.46. The second-order valence-electron chi connectivity index (χ2n) is 4.40. The van der Waals surface area contributed by atoms with Gasteiger partial charge in [0.25, 0.3) is 0 Å². The lowest BCUT2D eigenvalue weighted by atomic mass is 9.92. The summed E-state index contributed by atoms with van der Waals surface area (Å²) < 4.78 is 26.5. The Labute approximate surface area is 98.3 Å². The summed E-state index contributed by atoms with van der Waals surface area (Å²) in [4.78, 5) is 11.1. The van der Waals surface area contributed by atoms with Crippen LogP contribution in [0.3, 0.4) is 0 Å². The summed E-state index contributed by atoms with van der Waals surface area (Å²) >= 11 is 0. The van der Waals surface area contributed by atoms with Gasteiger partial charge in [0.05, 0.1) is 0 Å². The fourth-order valence-electron chi connectivity index (χ4n) is 1.93. The Hall–Kier alpha value is -1.71. The van der Waals surface area contributed by atoms with Gasteiger partial charge in [0.1, 0.15) is 0 Å². The quantitative estimate of drug-likeness (QED) is 0.841. The molecule has 1 aromatic carbocycles. The van der Waals surface area contributed by atoms with Gasteiger partial charge in [-0.1, -0.05) is 13.8 Å². The Balaban J connectivity index is 2.55. The standard InChI is InChI=1S/C13H13F2NO/c1-7(2)9-4-11(14)12(15)5-10(9)8-3-13(17)16-6-8/h3-5,7H,6H2,1-2H3,(H,16,17). The summed E-state index contributed by atoms with van der Waals surface area (Å²) in [5.74, 6) is -1.86. The summed E-state index contributed by atoms with van der Waals surface area (Å²) in [5.41, 5.74) is 2.03. The SMILES string of the molecule is CC(C)c1cc(F)c(F)cc1C1=CC(=O)NC1. The van der Waals surface area contributed by atoms with E-state index in [2.05, 4.69) is 5.32 Å². The maximum Gasteiger partial charge on any atom is 0.244 e. The molecule has 17 heavy (non-hydrogen) atoms. The Bertz CT molecular complexity index is 506. The molecule has 0 spiro atoms. The van der Waals surface area contributed by atoms with Crippen LogP contribution in [0.5, 0.6) is 0 Å². The Kier molecular flexibility index (Phi) is 2.96. The summed E-state index contributed by atoms with van der Waals surface area (Å²) in [6.07, 6.45) is 1.43. The lowest BCUT2D eigenvalue weighted by Gasteiger charge is -2.14. The van der Waals surface area contributed by atoms with Crippen molar-refractivity contribution in [2.75, 3.05) is 6.54 Å². The van der Waals surface area contributed by atoms with Crippen LogP contribution >= 0.6 is 0 Å². The minimum absolute atomic E-state index is 0.0664. The molecule has 1 N–H and O–H groups in total. The first kappa shape index (κ1) is 11.8. The fourth-order valence-corrected chi connectivity index (χ4v) is 1.93. The lowest BCUT2D eigenvalue weighted by Crippen LogP contribution is -2.15. The van der Waals surface area contributed by atoms with E-state index in [1.807, 2.05) is 13.8 Å². The van der Waals surface area contributed by atoms with Crippen molar-refractivity contribution < 1.29 is 13.6 Å². The van der Waals surface area contributed by atoms with Crippen LogP contribution in [0.1, 0.15) is 30.9 Å². The van der Waals surface area contributed by atoms with E-state index >= 15 is 0 Å². The van der Waals surface area contributed by atoms with E-state index in [-0.39, 0.29) is 11.8 Å². The average molecular weight is 237 g/mol. The van der Waals surface area contributed by atoms with Crippen LogP contribution in [0, 0.1) is 11.6 Å². The molecule has 4 heteroatoms. The van der Waals surface area contributed by atoms with Crippen molar-refractivity contribution in [1.82, 2.24) is 5.32 Å². The van der Waals surface area contributed by atoms with Gasteiger partial charge in [0, 0.05) is 12.6 Å². The van der Waals surface area contributed by atoms with Crippen LogP contribution in [0.15, 0.2) is 18.2 Å². The highest BCUT2D eigenvalue weighted by molar-refractivity contribution is 6.00. The highest BCUT2D eigenvalue weighted by Gasteiger charge is 2.19. The summed E-state index contributed by atoms with van der Waals surface area (Å²) in [6, 6.07) is 2.37. The van der Waals surface area contributed by atoms with E-state index < -0.39 is 11.6 Å². The second-order valence-corrected chi connectivity index (χ2v) is 4.40. The highest BCUT2D eigenvalue weighted by atomic mass is 19.2. The molecule has 0 saturated heterocycles. The summed E-state index contributed by atoms with van der Waals surface area (Å²) in [5, 5.41) is 2.62. The molecule has 0 aliphatic carbocycles. The molecule has 1 aliphatic heterocycles. The molecule has 1 aliphatic rings. The van der Waals surface area contributed by atoms with Gasteiger partial charge in [-0.3, -0.25) is 4.79 Å². The molecule has 1 aromatic rings. The molecule has 2 nitrogen and oxygen atoms in total. The number of benzene rings is 1. The van der Waals surface area contributed by atoms with Crippen molar-refractivity contribution in [3.63, 3.8) is 0 Å². The topological polar surface area (TPSA) is 29.1 Å². The predicted molar refractivity (Wildman–Crippen MR) is 61.4 cm³/mol. The number of nitrogens with one attached hydrogen (secondary N) is 1. The van der Waals surface area contributed by atoms with Crippen LogP contribution in [-0.4, -0.2) is 12.5 Å². The first-order chi connectivity index (χ1) is 7.99. The Morgan fingerprint density at radius 3 is 2.41 bits per heavy atom. The largest absolute Gasteiger partial charge is 0.348 e. The van der Waals surface area contributed by atoms with E-state index in [0.29, 0.717) is 23.2 Å². The van der Waals surface area contributed by atoms with E-state index in [4.69, 9.17) is 0 Å². The fraction of sp³-hybridized carbons (Fsp3) is 0.308. The van der Waals surface area contributed by atoms with Gasteiger partial charge in [0.15, 0.2) is 11.6 Å². The molecule has 0 aromatic heterocycles. The van der Waals surface area contributed by atoms with E-state index in [0.717, 1.165) is 6.07 Å². The van der Waals surface area contributed by atoms with Gasteiger partial charge < -0.3 is 5.32 Å². The minimum atomic E-state index is -0.885. The Morgan fingerprint density at radius 2 is 1.88 bits per heavy atom. The van der Waals surface area contributed by atoms with E-state index in [1.165, 1.54) is 12.1 Å². The third-order valence-corrected chi connectivity index (χ3v) is 2.82. The van der Waals surface area contributed by atoms with Crippen LogP contribution in [0.25, 0.3) is 5.57 Å². The Morgan fingerprint density at radius 1 is 1.24 bits per heavy atom. The molecule has 0 atom stereocenters. The normalized spacial score (nSPS) is 15.1. The van der Waals surface area contributed by atoms with Crippen molar-refractivity contribution in [1.29, 1.82) is 0 Å². The number of hydrogen-bond acceptors (Lipinski definition) is 1. The van der Waals surface area contributed by atoms with Crippen molar-refractivity contribution >= 4 is 11.5 Å². The zero-order valence-corrected chi connectivity index (χ0v) is 9.68. The first-order valence-electron chi connectivity index (χ1n) is 5.46. The van der Waals surface area contributed by atoms with Gasteiger partial charge in [-0.05, 0) is 34.8 Å². The molecule has 0 fully saturated rings. The molecule has 1 heterocycles. The third kappa shape index (κ3) is 2.20. The highest BCUT2D eigenvalue weighted by Crippen LogP contribution is 2.29. The maximum absolute atomic E-state index is 13.3. The van der Waals surface area contributed by atoms with Crippen molar-refractivity contribution in [3.05, 3.63) is 41.0 Å². The molecule has 90 valence electrons. The molecule has 1 amide bonds. The van der Waals surface area contributed by atoms with Crippen LogP contribution < -0.4 is 5.32 Å². The van der Waals surface area contributed by atoms with Gasteiger partial charge in [0.2, 0.25) is 5.91 Å². The third-order valence-electron chi connectivity index (χ3n) is 2.82. The second kappa shape index (κ2) is 4.28. The number of carbonyl (C=O) groups excluding carboxylic acids is 1.